The van der Waals surface area contributed by atoms with Gasteiger partial charge in [-0.1, -0.05) is 115 Å². The molecule has 6 nitrogen and oxygen atoms in total. The second kappa shape index (κ2) is 12.7. The van der Waals surface area contributed by atoms with Gasteiger partial charge in [0.15, 0.2) is 23.2 Å². The average Bonchev–Trinajstić information content (AvgIpc) is 3.11. The first-order chi connectivity index (χ1) is 23.9. The largest absolute Gasteiger partial charge is 0.460 e. The molecule has 6 rings (SSSR count). The van der Waals surface area contributed by atoms with E-state index in [1.165, 1.54) is 12.1 Å². The topological polar surface area (TPSA) is 82.0 Å². The van der Waals surface area contributed by atoms with Gasteiger partial charge in [-0.25, -0.2) is 15.0 Å². The predicted molar refractivity (Wildman–Crippen MR) is 170 cm³/mol. The maximum absolute atomic E-state index is 14.4. The Hall–Kier alpha value is -5.51. The molecule has 0 bridgehead atoms. The highest BCUT2D eigenvalue weighted by atomic mass is 32.2. The first-order valence-corrected chi connectivity index (χ1v) is 16.0. The maximum Gasteiger partial charge on any atom is 0.460 e. The number of halogens is 9. The molecule has 1 heterocycles. The monoisotopic (exact) mass is 733 g/mol. The Morgan fingerprint density at radius 2 is 0.882 bits per heavy atom. The SMILES string of the molecule is O=S(=O)(Oc1cccc2c(-c3ccc(-c4nc(-c5ccccc5)nc(-c5ccccc5)n4)cc3)cccc12)C(F)(F)C(F)(F)C(F)(F)C(F)(F)F. The number of aromatic nitrogens is 3. The Kier molecular flexibility index (Phi) is 8.78. The van der Waals surface area contributed by atoms with Crippen LogP contribution in [0.1, 0.15) is 0 Å². The Bertz CT molecular complexity index is 2270. The molecular formula is C35H20F9N3O3S. The molecule has 0 aliphatic heterocycles. The molecule has 0 fully saturated rings. The second-order valence-corrected chi connectivity index (χ2v) is 12.6. The van der Waals surface area contributed by atoms with Crippen molar-refractivity contribution in [1.29, 1.82) is 0 Å². The van der Waals surface area contributed by atoms with E-state index in [4.69, 9.17) is 0 Å². The number of benzene rings is 5. The van der Waals surface area contributed by atoms with Gasteiger partial charge < -0.3 is 4.18 Å². The van der Waals surface area contributed by atoms with Crippen LogP contribution in [-0.4, -0.2) is 46.6 Å². The van der Waals surface area contributed by atoms with Crippen LogP contribution in [0, 0.1) is 0 Å². The summed E-state index contributed by atoms with van der Waals surface area (Å²) in [7, 11) is -7.15. The number of nitrogens with zero attached hydrogens (tertiary/aromatic N) is 3. The molecular weight excluding hydrogens is 713 g/mol. The molecule has 0 spiro atoms. The zero-order valence-electron chi connectivity index (χ0n) is 25.4. The predicted octanol–water partition coefficient (Wildman–Crippen LogP) is 9.83. The van der Waals surface area contributed by atoms with Crippen molar-refractivity contribution in [3.8, 4) is 51.0 Å². The number of hydrogen-bond acceptors (Lipinski definition) is 6. The highest BCUT2D eigenvalue weighted by molar-refractivity contribution is 7.88. The van der Waals surface area contributed by atoms with E-state index >= 15 is 0 Å². The van der Waals surface area contributed by atoms with E-state index in [9.17, 15) is 47.9 Å². The van der Waals surface area contributed by atoms with E-state index in [0.717, 1.165) is 29.3 Å². The van der Waals surface area contributed by atoms with Crippen LogP contribution in [0.4, 0.5) is 39.5 Å². The highest BCUT2D eigenvalue weighted by Gasteiger charge is 2.86. The van der Waals surface area contributed by atoms with Crippen LogP contribution in [0.15, 0.2) is 121 Å². The minimum absolute atomic E-state index is 0.131. The molecule has 0 N–H and O–H groups in total. The second-order valence-electron chi connectivity index (χ2n) is 11.0. The molecule has 5 aromatic carbocycles. The summed E-state index contributed by atoms with van der Waals surface area (Å²) >= 11 is 0. The summed E-state index contributed by atoms with van der Waals surface area (Å²) in [6.45, 7) is 0. The number of alkyl halides is 9. The van der Waals surface area contributed by atoms with Gasteiger partial charge in [0.25, 0.3) is 0 Å². The molecule has 6 aromatic rings. The van der Waals surface area contributed by atoms with E-state index < -0.39 is 39.1 Å². The molecule has 0 radical (unpaired) electrons. The lowest BCUT2D eigenvalue weighted by Gasteiger charge is -2.32. The summed E-state index contributed by atoms with van der Waals surface area (Å²) in [5, 5.41) is -7.14. The van der Waals surface area contributed by atoms with Crippen LogP contribution in [0.2, 0.25) is 0 Å². The van der Waals surface area contributed by atoms with Crippen molar-refractivity contribution < 1.29 is 52.1 Å². The van der Waals surface area contributed by atoms with Crippen molar-refractivity contribution in [1.82, 2.24) is 15.0 Å². The third kappa shape index (κ3) is 6.24. The smallest absolute Gasteiger partial charge is 0.377 e. The Labute approximate surface area is 283 Å². The Morgan fingerprint density at radius 1 is 0.451 bits per heavy atom. The van der Waals surface area contributed by atoms with Gasteiger partial charge in [-0.2, -0.15) is 47.9 Å². The van der Waals surface area contributed by atoms with Crippen molar-refractivity contribution in [2.45, 2.75) is 23.3 Å². The standard InChI is InChI=1S/C35H20F9N3O3S/c36-32(37,34(40,41)42)33(38,39)35(43,44)51(48,49)50-28-16-8-14-26-25(13-7-15-27(26)28)21-17-19-24(20-18-21)31-46-29(22-9-3-1-4-10-22)45-30(47-31)23-11-5-2-6-12-23/h1-20H. The maximum atomic E-state index is 14.4. The van der Waals surface area contributed by atoms with Gasteiger partial charge in [0.1, 0.15) is 0 Å². The minimum Gasteiger partial charge on any atom is -0.377 e. The van der Waals surface area contributed by atoms with Gasteiger partial charge >= 0.3 is 33.4 Å². The van der Waals surface area contributed by atoms with Gasteiger partial charge in [-0.3, -0.25) is 0 Å². The third-order valence-electron chi connectivity index (χ3n) is 7.66. The first kappa shape index (κ1) is 35.3. The molecule has 0 amide bonds. The zero-order chi connectivity index (χ0) is 36.8. The minimum atomic E-state index is -7.43. The quantitative estimate of drug-likeness (QED) is 0.109. The molecule has 51 heavy (non-hydrogen) atoms. The van der Waals surface area contributed by atoms with Crippen LogP contribution in [0.3, 0.4) is 0 Å². The van der Waals surface area contributed by atoms with Crippen molar-refractivity contribution in [2.75, 3.05) is 0 Å². The van der Waals surface area contributed by atoms with Crippen molar-refractivity contribution in [3.63, 3.8) is 0 Å². The molecule has 0 saturated heterocycles. The van der Waals surface area contributed by atoms with E-state index in [-0.39, 0.29) is 10.8 Å². The summed E-state index contributed by atoms with van der Waals surface area (Å²) < 4.78 is 150. The van der Waals surface area contributed by atoms with E-state index in [0.29, 0.717) is 34.2 Å². The van der Waals surface area contributed by atoms with Crippen molar-refractivity contribution in [3.05, 3.63) is 121 Å². The van der Waals surface area contributed by atoms with E-state index in [1.807, 2.05) is 60.7 Å². The molecule has 1 aromatic heterocycles. The number of rotatable bonds is 9. The average molecular weight is 734 g/mol. The summed E-state index contributed by atoms with van der Waals surface area (Å²) in [6, 6.07) is 32.2. The van der Waals surface area contributed by atoms with Crippen LogP contribution in [0.25, 0.3) is 56.1 Å². The van der Waals surface area contributed by atoms with E-state index in [1.54, 1.807) is 30.3 Å². The Morgan fingerprint density at radius 3 is 1.37 bits per heavy atom. The normalized spacial score (nSPS) is 13.0. The fourth-order valence-electron chi connectivity index (χ4n) is 5.03. The summed E-state index contributed by atoms with van der Waals surface area (Å²) in [5.41, 5.74) is 2.87. The Balaban J connectivity index is 1.36. The molecule has 0 saturated carbocycles. The first-order valence-electron chi connectivity index (χ1n) is 14.6. The van der Waals surface area contributed by atoms with Gasteiger partial charge in [0, 0.05) is 22.1 Å². The summed E-state index contributed by atoms with van der Waals surface area (Å²) in [4.78, 5) is 13.9. The lowest BCUT2D eigenvalue weighted by Crippen LogP contribution is -2.63. The number of hydrogen-bond donors (Lipinski definition) is 0. The van der Waals surface area contributed by atoms with Crippen molar-refractivity contribution >= 4 is 20.9 Å². The molecule has 0 atom stereocenters. The van der Waals surface area contributed by atoms with Crippen LogP contribution in [-0.2, 0) is 10.1 Å². The molecule has 0 aliphatic rings. The zero-order valence-corrected chi connectivity index (χ0v) is 26.2. The fraction of sp³-hybridized carbons (Fsp3) is 0.114. The summed E-state index contributed by atoms with van der Waals surface area (Å²) in [6.07, 6.45) is -7.21. The highest BCUT2D eigenvalue weighted by Crippen LogP contribution is 2.55. The molecule has 0 unspecified atom stereocenters. The third-order valence-corrected chi connectivity index (χ3v) is 8.95. The van der Waals surface area contributed by atoms with Crippen molar-refractivity contribution in [2.24, 2.45) is 0 Å². The van der Waals surface area contributed by atoms with E-state index in [2.05, 4.69) is 19.1 Å². The molecule has 262 valence electrons. The lowest BCUT2D eigenvalue weighted by molar-refractivity contribution is -0.382. The van der Waals surface area contributed by atoms with Gasteiger partial charge in [-0.15, -0.1) is 0 Å². The number of fused-ring (bicyclic) bond motifs is 1. The van der Waals surface area contributed by atoms with Crippen LogP contribution < -0.4 is 4.18 Å². The summed E-state index contributed by atoms with van der Waals surface area (Å²) in [5.74, 6) is -14.7. The molecule has 16 heteroatoms. The van der Waals surface area contributed by atoms with Gasteiger partial charge in [-0.05, 0) is 22.6 Å². The molecule has 0 aliphatic carbocycles. The van der Waals surface area contributed by atoms with Gasteiger partial charge in [0.2, 0.25) is 0 Å². The van der Waals surface area contributed by atoms with Crippen LogP contribution in [0.5, 0.6) is 5.75 Å². The fourth-order valence-corrected chi connectivity index (χ4v) is 5.96. The van der Waals surface area contributed by atoms with Crippen LogP contribution >= 0.6 is 0 Å². The lowest BCUT2D eigenvalue weighted by atomic mass is 9.97. The van der Waals surface area contributed by atoms with Gasteiger partial charge in [0.05, 0.1) is 0 Å².